The van der Waals surface area contributed by atoms with E-state index in [1.165, 1.54) is 0 Å². The first-order valence-electron chi connectivity index (χ1n) is 9.74. The molecule has 2 aromatic carbocycles. The zero-order valence-electron chi connectivity index (χ0n) is 16.3. The van der Waals surface area contributed by atoms with E-state index in [0.29, 0.717) is 0 Å². The van der Waals surface area contributed by atoms with Crippen LogP contribution in [0.15, 0.2) is 58.4 Å². The minimum absolute atomic E-state index is 0.130. The molecule has 1 aliphatic rings. The third kappa shape index (κ3) is 4.77. The predicted molar refractivity (Wildman–Crippen MR) is 121 cm³/mol. The number of hydrogen-bond acceptors (Lipinski definition) is 5. The van der Waals surface area contributed by atoms with Gasteiger partial charge in [0.05, 0.1) is 18.4 Å². The zero-order valence-corrected chi connectivity index (χ0v) is 18.7. The van der Waals surface area contributed by atoms with Gasteiger partial charge in [0.2, 0.25) is 0 Å². The van der Waals surface area contributed by atoms with Gasteiger partial charge in [-0.1, -0.05) is 46.3 Å². The second-order valence-corrected chi connectivity index (χ2v) is 9.04. The smallest absolute Gasteiger partial charge is 0.166 e. The summed E-state index contributed by atoms with van der Waals surface area (Å²) in [5.41, 5.74) is 2.91. The van der Waals surface area contributed by atoms with Gasteiger partial charge in [0.25, 0.3) is 0 Å². The molecule has 6 heteroatoms. The molecule has 4 rings (SSSR count). The Kier molecular flexibility index (Phi) is 6.43. The Morgan fingerprint density at radius 1 is 1.21 bits per heavy atom. The molecular weight excluding hydrogens is 448 g/mol. The Labute approximate surface area is 183 Å². The predicted octanol–water partition coefficient (Wildman–Crippen LogP) is 5.68. The Morgan fingerprint density at radius 3 is 2.69 bits per heavy atom. The van der Waals surface area contributed by atoms with Crippen LogP contribution in [0.25, 0.3) is 10.6 Å². The van der Waals surface area contributed by atoms with Crippen LogP contribution in [0, 0.1) is 5.92 Å². The normalized spacial score (nSPS) is 15.4. The molecule has 1 aliphatic heterocycles. The summed E-state index contributed by atoms with van der Waals surface area (Å²) >= 11 is 5.17. The number of thiazole rings is 1. The lowest BCUT2D eigenvalue weighted by Crippen LogP contribution is -2.36. The fraction of sp³-hybridized carbons (Fsp3) is 0.304. The second-order valence-electron chi connectivity index (χ2n) is 7.27. The van der Waals surface area contributed by atoms with Crippen LogP contribution in [0.1, 0.15) is 28.9 Å². The fourth-order valence-corrected chi connectivity index (χ4v) is 4.96. The van der Waals surface area contributed by atoms with E-state index in [1.54, 1.807) is 18.4 Å². The largest absolute Gasteiger partial charge is 0.496 e. The van der Waals surface area contributed by atoms with Crippen molar-refractivity contribution in [3.63, 3.8) is 0 Å². The summed E-state index contributed by atoms with van der Waals surface area (Å²) in [5, 5.41) is 3.09. The number of carbonyl (C=O) groups excluding carboxylic acids is 1. The highest BCUT2D eigenvalue weighted by atomic mass is 79.9. The highest BCUT2D eigenvalue weighted by Crippen LogP contribution is 2.35. The van der Waals surface area contributed by atoms with Crippen molar-refractivity contribution in [3.05, 3.63) is 69.6 Å². The fourth-order valence-electron chi connectivity index (χ4n) is 3.77. The van der Waals surface area contributed by atoms with Crippen molar-refractivity contribution in [3.8, 4) is 16.3 Å². The number of benzene rings is 2. The van der Waals surface area contributed by atoms with E-state index in [2.05, 4.69) is 26.2 Å². The van der Waals surface area contributed by atoms with Crippen LogP contribution in [-0.4, -0.2) is 35.9 Å². The Balaban J connectivity index is 1.37. The van der Waals surface area contributed by atoms with Gasteiger partial charge in [-0.3, -0.25) is 9.69 Å². The third-order valence-electron chi connectivity index (χ3n) is 5.35. The molecule has 0 N–H and O–H groups in total. The Morgan fingerprint density at radius 2 is 1.97 bits per heavy atom. The van der Waals surface area contributed by atoms with E-state index in [-0.39, 0.29) is 11.7 Å². The van der Waals surface area contributed by atoms with Gasteiger partial charge in [-0.05, 0) is 44.1 Å². The summed E-state index contributed by atoms with van der Waals surface area (Å²) in [6.07, 6.45) is 1.81. The highest BCUT2D eigenvalue weighted by molar-refractivity contribution is 9.10. The number of rotatable bonds is 6. The molecule has 4 nitrogen and oxygen atoms in total. The summed E-state index contributed by atoms with van der Waals surface area (Å²) in [4.78, 5) is 19.9. The van der Waals surface area contributed by atoms with Gasteiger partial charge in [-0.2, -0.15) is 0 Å². The molecule has 0 aliphatic carbocycles. The van der Waals surface area contributed by atoms with Crippen LogP contribution in [0.5, 0.6) is 5.75 Å². The Bertz CT molecular complexity index is 982. The first-order chi connectivity index (χ1) is 14.1. The van der Waals surface area contributed by atoms with E-state index in [4.69, 9.17) is 9.72 Å². The van der Waals surface area contributed by atoms with Gasteiger partial charge in [-0.25, -0.2) is 4.98 Å². The Hall–Kier alpha value is -2.02. The number of halogens is 1. The minimum Gasteiger partial charge on any atom is -0.496 e. The van der Waals surface area contributed by atoms with Gasteiger partial charge in [0, 0.05) is 27.9 Å². The lowest BCUT2D eigenvalue weighted by molar-refractivity contribution is 0.0834. The molecule has 0 bridgehead atoms. The summed E-state index contributed by atoms with van der Waals surface area (Å²) in [7, 11) is 1.68. The number of piperidine rings is 1. The highest BCUT2D eigenvalue weighted by Gasteiger charge is 2.26. The van der Waals surface area contributed by atoms with E-state index < -0.39 is 0 Å². The van der Waals surface area contributed by atoms with Crippen molar-refractivity contribution < 1.29 is 9.53 Å². The molecule has 29 heavy (non-hydrogen) atoms. The number of Topliss-reactive ketones (excluding diaryl/α,β-unsaturated/α-hetero) is 1. The lowest BCUT2D eigenvalue weighted by Gasteiger charge is -2.30. The van der Waals surface area contributed by atoms with Crippen LogP contribution >= 0.6 is 27.3 Å². The van der Waals surface area contributed by atoms with Crippen LogP contribution < -0.4 is 4.74 Å². The molecule has 0 atom stereocenters. The second kappa shape index (κ2) is 9.20. The number of ether oxygens (including phenoxy) is 1. The molecule has 150 valence electrons. The maximum Gasteiger partial charge on any atom is 0.166 e. The molecular formula is C23H23BrN2O2S. The number of aromatic nitrogens is 1. The van der Waals surface area contributed by atoms with E-state index >= 15 is 0 Å². The van der Waals surface area contributed by atoms with Gasteiger partial charge in [0.1, 0.15) is 10.8 Å². The van der Waals surface area contributed by atoms with Crippen molar-refractivity contribution in [1.29, 1.82) is 0 Å². The zero-order chi connectivity index (χ0) is 20.2. The quantitative estimate of drug-likeness (QED) is 0.434. The van der Waals surface area contributed by atoms with Gasteiger partial charge in [-0.15, -0.1) is 11.3 Å². The third-order valence-corrected chi connectivity index (χ3v) is 6.76. The molecule has 0 amide bonds. The molecule has 0 unspecified atom stereocenters. The summed E-state index contributed by atoms with van der Waals surface area (Å²) in [5.74, 6) is 1.24. The standard InChI is InChI=1S/C23H23BrN2O2S/c1-28-21-8-7-18(24)13-20(21)23-25-19(15-29-23)14-26-11-9-17(10-12-26)22(27)16-5-3-2-4-6-16/h2-8,13,15,17H,9-12,14H2,1H3. The average molecular weight is 471 g/mol. The molecule has 0 saturated carbocycles. The van der Waals surface area contributed by atoms with Crippen molar-refractivity contribution >= 4 is 33.0 Å². The minimum atomic E-state index is 0.130. The first kappa shape index (κ1) is 20.3. The maximum atomic E-state index is 12.7. The van der Waals surface area contributed by atoms with Crippen LogP contribution in [0.2, 0.25) is 0 Å². The molecule has 1 aromatic heterocycles. The molecule has 1 fully saturated rings. The molecule has 0 radical (unpaired) electrons. The number of hydrogen-bond donors (Lipinski definition) is 0. The number of carbonyl (C=O) groups is 1. The molecule has 3 aromatic rings. The first-order valence-corrected chi connectivity index (χ1v) is 11.4. The molecule has 1 saturated heterocycles. The summed E-state index contributed by atoms with van der Waals surface area (Å²) in [6, 6.07) is 15.6. The number of ketones is 1. The van der Waals surface area contributed by atoms with Crippen LogP contribution in [0.4, 0.5) is 0 Å². The number of nitrogens with zero attached hydrogens (tertiary/aromatic N) is 2. The van der Waals surface area contributed by atoms with Crippen LogP contribution in [0.3, 0.4) is 0 Å². The SMILES string of the molecule is COc1ccc(Br)cc1-c1nc(CN2CCC(C(=O)c3ccccc3)CC2)cs1. The van der Waals surface area contributed by atoms with Crippen molar-refractivity contribution in [2.24, 2.45) is 5.92 Å². The van der Waals surface area contributed by atoms with Gasteiger partial charge >= 0.3 is 0 Å². The van der Waals surface area contributed by atoms with Gasteiger partial charge < -0.3 is 4.74 Å². The van der Waals surface area contributed by atoms with E-state index in [0.717, 1.165) is 64.5 Å². The molecule has 2 heterocycles. The van der Waals surface area contributed by atoms with Crippen molar-refractivity contribution in [1.82, 2.24) is 9.88 Å². The number of methoxy groups -OCH3 is 1. The van der Waals surface area contributed by atoms with E-state index in [1.807, 2.05) is 48.5 Å². The number of likely N-dealkylation sites (tertiary alicyclic amines) is 1. The average Bonchev–Trinajstić information content (AvgIpc) is 3.23. The van der Waals surface area contributed by atoms with Gasteiger partial charge in [0.15, 0.2) is 5.78 Å². The van der Waals surface area contributed by atoms with Crippen molar-refractivity contribution in [2.75, 3.05) is 20.2 Å². The van der Waals surface area contributed by atoms with E-state index in [9.17, 15) is 4.79 Å². The monoisotopic (exact) mass is 470 g/mol. The summed E-state index contributed by atoms with van der Waals surface area (Å²) in [6.45, 7) is 2.67. The topological polar surface area (TPSA) is 42.4 Å². The maximum absolute atomic E-state index is 12.7. The van der Waals surface area contributed by atoms with Crippen LogP contribution in [-0.2, 0) is 6.54 Å². The summed E-state index contributed by atoms with van der Waals surface area (Å²) < 4.78 is 6.50. The van der Waals surface area contributed by atoms with Crippen molar-refractivity contribution in [2.45, 2.75) is 19.4 Å². The lowest BCUT2D eigenvalue weighted by atomic mass is 9.89. The molecule has 0 spiro atoms.